The van der Waals surface area contributed by atoms with Crippen LogP contribution in [0.25, 0.3) is 0 Å². The van der Waals surface area contributed by atoms with E-state index in [9.17, 15) is 71.1 Å². The van der Waals surface area contributed by atoms with Gasteiger partial charge in [-0.05, 0) is 193 Å². The number of benzene rings is 6. The van der Waals surface area contributed by atoms with Gasteiger partial charge < -0.3 is 30.9 Å². The van der Waals surface area contributed by atoms with Crippen LogP contribution in [0, 0.1) is 27.7 Å². The van der Waals surface area contributed by atoms with Crippen LogP contribution in [0.3, 0.4) is 0 Å². The molecule has 6 rings (SSSR count). The number of anilines is 2. The quantitative estimate of drug-likeness (QED) is 0.00584. The summed E-state index contributed by atoms with van der Waals surface area (Å²) in [7, 11) is -17.5. The van der Waals surface area contributed by atoms with Crippen LogP contribution in [0.15, 0.2) is 196 Å². The molecule has 6 aromatic rings. The minimum absolute atomic E-state index is 0.0365. The molecule has 6 aromatic carbocycles. The summed E-state index contributed by atoms with van der Waals surface area (Å²) in [6.07, 6.45) is 19.2. The van der Waals surface area contributed by atoms with Crippen LogP contribution in [0.5, 0.6) is 0 Å². The molecule has 0 bridgehead atoms. The molecule has 0 saturated carbocycles. The first-order valence-electron chi connectivity index (χ1n) is 34.6. The third kappa shape index (κ3) is 27.1. The van der Waals surface area contributed by atoms with Gasteiger partial charge in [0.15, 0.2) is 11.4 Å². The van der Waals surface area contributed by atoms with Crippen molar-refractivity contribution in [2.45, 2.75) is 154 Å². The van der Waals surface area contributed by atoms with Crippen LogP contribution in [-0.4, -0.2) is 133 Å². The van der Waals surface area contributed by atoms with Gasteiger partial charge in [0.05, 0.1) is 20.4 Å². The van der Waals surface area contributed by atoms with E-state index in [-0.39, 0.29) is 77.8 Å². The van der Waals surface area contributed by atoms with Crippen molar-refractivity contribution in [3.8, 4) is 0 Å². The number of rotatable bonds is 39. The Morgan fingerprint density at radius 1 is 0.443 bits per heavy atom. The molecule has 0 aliphatic carbocycles. The zero-order valence-electron chi connectivity index (χ0n) is 61.2. The second kappa shape index (κ2) is 39.7. The molecule has 0 fully saturated rings. The lowest BCUT2D eigenvalue weighted by atomic mass is 10.1. The number of unbranched alkanes of at least 4 members (excludes halogenated alkanes) is 4. The highest BCUT2D eigenvalue weighted by Gasteiger charge is 2.23. The first-order valence-corrected chi connectivity index (χ1v) is 40.5. The van der Waals surface area contributed by atoms with Crippen molar-refractivity contribution < 1.29 is 85.3 Å². The Balaban J connectivity index is 0.982. The molecule has 28 heteroatoms. The number of nitrogens with zero attached hydrogens (tertiary/aromatic N) is 4. The molecule has 568 valence electrons. The fraction of sp³-hybridized carbons (Fsp3) is 0.333. The second-order valence-electron chi connectivity index (χ2n) is 25.8. The van der Waals surface area contributed by atoms with Gasteiger partial charge in [0.1, 0.15) is 13.1 Å². The van der Waals surface area contributed by atoms with Gasteiger partial charge in [-0.2, -0.15) is 42.8 Å². The van der Waals surface area contributed by atoms with E-state index in [0.29, 0.717) is 91.7 Å². The molecule has 0 heterocycles. The fourth-order valence-corrected chi connectivity index (χ4v) is 14.1. The topological polar surface area (TPSA) is 355 Å². The highest BCUT2D eigenvalue weighted by atomic mass is 32.2. The van der Waals surface area contributed by atoms with Crippen molar-refractivity contribution in [1.82, 2.24) is 16.0 Å². The molecule has 0 saturated heterocycles. The Morgan fingerprint density at radius 2 is 0.858 bits per heavy atom. The Bertz CT molecular complexity index is 4870. The first kappa shape index (κ1) is 85.4. The zero-order valence-corrected chi connectivity index (χ0v) is 64.5. The highest BCUT2D eigenvalue weighted by Crippen LogP contribution is 2.30. The average Bonchev–Trinajstić information content (AvgIpc) is 0.832. The van der Waals surface area contributed by atoms with Crippen molar-refractivity contribution in [1.29, 1.82) is 0 Å². The number of carbonyl (C=O) groups excluding carboxylic acids is 3. The van der Waals surface area contributed by atoms with Crippen LogP contribution >= 0.6 is 0 Å². The molecule has 0 aliphatic rings. The minimum Gasteiger partial charge on any atom is -0.481 e. The van der Waals surface area contributed by atoms with E-state index in [1.165, 1.54) is 36.4 Å². The molecular formula is C78H97N7O17S4+2. The van der Waals surface area contributed by atoms with Crippen molar-refractivity contribution in [3.63, 3.8) is 0 Å². The lowest BCUT2D eigenvalue weighted by Gasteiger charge is -2.27. The summed E-state index contributed by atoms with van der Waals surface area (Å²) >= 11 is 0. The molecule has 0 spiro atoms. The number of nitrogens with one attached hydrogen (secondary N) is 3. The molecule has 3 amide bonds. The molecule has 24 nitrogen and oxygen atoms in total. The zero-order chi connectivity index (χ0) is 78.1. The third-order valence-corrected chi connectivity index (χ3v) is 20.9. The van der Waals surface area contributed by atoms with Gasteiger partial charge in [-0.25, -0.2) is 0 Å². The first-order chi connectivity index (χ1) is 49.9. The van der Waals surface area contributed by atoms with Gasteiger partial charge in [0, 0.05) is 135 Å². The summed E-state index contributed by atoms with van der Waals surface area (Å²) in [5.74, 6) is -2.12. The predicted molar refractivity (Wildman–Crippen MR) is 413 cm³/mol. The number of hydrogen-bond acceptors (Lipinski definition) is 14. The van der Waals surface area contributed by atoms with E-state index >= 15 is 0 Å². The van der Waals surface area contributed by atoms with Gasteiger partial charge in [-0.15, -0.1) is 0 Å². The minimum atomic E-state index is -4.44. The summed E-state index contributed by atoms with van der Waals surface area (Å²) in [4.78, 5) is 54.1. The largest absolute Gasteiger partial charge is 0.481 e. The Morgan fingerprint density at radius 3 is 1.32 bits per heavy atom. The van der Waals surface area contributed by atoms with Gasteiger partial charge >= 0.3 is 5.97 Å². The number of aliphatic carboxylic acids is 1. The molecule has 0 aliphatic heterocycles. The number of hydrogen-bond donors (Lipinski definition) is 8. The molecular weight excluding hydrogens is 1440 g/mol. The lowest BCUT2D eigenvalue weighted by Crippen LogP contribution is -2.24. The Hall–Kier alpha value is -9.52. The smallest absolute Gasteiger partial charge is 0.303 e. The Labute approximate surface area is 623 Å². The molecule has 0 unspecified atom stereocenters. The van der Waals surface area contributed by atoms with Crippen LogP contribution in [0.4, 0.5) is 22.7 Å². The van der Waals surface area contributed by atoms with Gasteiger partial charge in [-0.1, -0.05) is 67.5 Å². The van der Waals surface area contributed by atoms with Crippen molar-refractivity contribution >= 4 is 98.3 Å². The van der Waals surface area contributed by atoms with Crippen molar-refractivity contribution in [3.05, 3.63) is 231 Å². The maximum absolute atomic E-state index is 13.4. The summed E-state index contributed by atoms with van der Waals surface area (Å²) in [6, 6.07) is 32.6. The van der Waals surface area contributed by atoms with E-state index < -0.39 is 52.2 Å². The van der Waals surface area contributed by atoms with E-state index in [2.05, 4.69) is 20.9 Å². The maximum atomic E-state index is 13.4. The number of allylic oxidation sites excluding steroid dienone is 10. The van der Waals surface area contributed by atoms with Gasteiger partial charge in [-0.3, -0.25) is 37.4 Å². The standard InChI is InChI=1S/C78H95N7O17S4/c1-10-82(71-41-37-68(49-56(71)3)104(94,95)96)59(6)22-14-11-15-23-60(7)83(73-42-38-69(50-57(73)4)105(97,98)99)44-18-12-16-26-75(86)79-52-63-28-33-66(34-29-63)77(89)80-53-64-30-35-67(36-31-64)78(90)81-54-65-32-40-72(55(2)48-65)85(46-21-47-103(91,92)93)62(9)25-20-24-61(8)84(45-19-13-17-27-76(87)88)74-43-39-70(51-58(74)5)106(100,101)102/h11,14-15,20,22-25,28-43,48-51H,10,12-13,16-19,21,26-27,44-47,52-54H2,1-9H3,(H6-2,79,80,81,86,87,88,89,90,91,92,93,94,95,96,97,98,99,100,101,102)/p+2. The van der Waals surface area contributed by atoms with E-state index in [0.717, 1.165) is 62.1 Å². The van der Waals surface area contributed by atoms with Gasteiger partial charge in [0.2, 0.25) is 17.3 Å². The van der Waals surface area contributed by atoms with Crippen LogP contribution < -0.4 is 25.8 Å². The normalized spacial score (nSPS) is 13.1. The number of carboxylic acid groups (broad SMARTS) is 1. The molecule has 8 N–H and O–H groups in total. The summed E-state index contributed by atoms with van der Waals surface area (Å²) in [5, 5.41) is 17.9. The summed E-state index contributed by atoms with van der Waals surface area (Å²) in [5.41, 5.74) is 12.2. The lowest BCUT2D eigenvalue weighted by molar-refractivity contribution is -0.440. The predicted octanol–water partition coefficient (Wildman–Crippen LogP) is 13.0. The number of amides is 3. The number of carbonyl (C=O) groups is 4. The molecule has 106 heavy (non-hydrogen) atoms. The Kier molecular flexibility index (Phi) is 32.0. The monoisotopic (exact) mass is 1530 g/mol. The average molecular weight is 1530 g/mol. The second-order valence-corrected chi connectivity index (χ2v) is 31.6. The van der Waals surface area contributed by atoms with Crippen molar-refractivity contribution in [2.75, 3.05) is 41.7 Å². The number of carboxylic acids is 1. The van der Waals surface area contributed by atoms with Crippen molar-refractivity contribution in [2.24, 2.45) is 0 Å². The number of aryl methyl sites for hydroxylation is 4. The molecule has 0 radical (unpaired) electrons. The van der Waals surface area contributed by atoms with E-state index in [1.807, 2.05) is 122 Å². The third-order valence-electron chi connectivity index (χ3n) is 17.6. The van der Waals surface area contributed by atoms with Crippen LogP contribution in [0.1, 0.15) is 152 Å². The van der Waals surface area contributed by atoms with Crippen LogP contribution in [-0.2, 0) is 69.7 Å². The fourth-order valence-electron chi connectivity index (χ4n) is 11.9. The SMILES string of the molecule is CC\[N+](=C(C)/C=C/C=C/C=C(\C)N(CCCCCC(=O)NCc1ccc(C(=O)NCc2ccc(C(=O)NCc3ccc(/[N+](CCCS(=O)(=O)O)=C(C)/C=C/C=C(\C)N(CCCCCC(=O)O)c4ccc(S(=O)(=O)O)cc4C)c(C)c3)cc2)cc1)c1ccc(S(=O)(=O)O)cc1C)c1ccc(S(=O)(=O)O)cc1C. The van der Waals surface area contributed by atoms with Gasteiger partial charge in [0.25, 0.3) is 52.3 Å². The summed E-state index contributed by atoms with van der Waals surface area (Å²) < 4.78 is 137. The highest BCUT2D eigenvalue weighted by molar-refractivity contribution is 7.86. The van der Waals surface area contributed by atoms with E-state index in [1.54, 1.807) is 87.5 Å². The van der Waals surface area contributed by atoms with E-state index in [4.69, 9.17) is 5.11 Å². The molecule has 0 aromatic heterocycles. The van der Waals surface area contributed by atoms with Crippen LogP contribution in [0.2, 0.25) is 0 Å². The maximum Gasteiger partial charge on any atom is 0.303 e. The summed E-state index contributed by atoms with van der Waals surface area (Å²) in [6.45, 7) is 19.2. The molecule has 0 atom stereocenters.